The zero-order chi connectivity index (χ0) is 14.8. The van der Waals surface area contributed by atoms with Crippen molar-refractivity contribution in [1.29, 1.82) is 0 Å². The normalized spacial score (nSPS) is 26.9. The molecule has 2 atom stereocenters. The van der Waals surface area contributed by atoms with Crippen LogP contribution in [0.25, 0.3) is 0 Å². The standard InChI is InChI=1S/C17H26ClNO/c1-13-17(9-10-20-13,12-19-16(2,3)4)11-14-7-5-6-8-15(14)18/h5-8,13,19H,9-12H2,1-4H3. The van der Waals surface area contributed by atoms with Crippen LogP contribution in [0, 0.1) is 5.41 Å². The van der Waals surface area contributed by atoms with Crippen LogP contribution in [0.5, 0.6) is 0 Å². The number of benzene rings is 1. The van der Waals surface area contributed by atoms with Crippen LogP contribution in [0.2, 0.25) is 5.02 Å². The van der Waals surface area contributed by atoms with Gasteiger partial charge < -0.3 is 10.1 Å². The van der Waals surface area contributed by atoms with Gasteiger partial charge in [-0.05, 0) is 52.2 Å². The van der Waals surface area contributed by atoms with Crippen molar-refractivity contribution in [2.45, 2.75) is 52.2 Å². The van der Waals surface area contributed by atoms with Gasteiger partial charge in [0.15, 0.2) is 0 Å². The molecule has 2 nitrogen and oxygen atoms in total. The molecule has 1 aromatic carbocycles. The Labute approximate surface area is 127 Å². The average molecular weight is 296 g/mol. The van der Waals surface area contributed by atoms with Gasteiger partial charge in [-0.25, -0.2) is 0 Å². The molecule has 1 aliphatic rings. The van der Waals surface area contributed by atoms with Crippen LogP contribution >= 0.6 is 11.6 Å². The summed E-state index contributed by atoms with van der Waals surface area (Å²) >= 11 is 6.34. The molecule has 1 aromatic rings. The molecule has 3 heteroatoms. The number of halogens is 1. The van der Waals surface area contributed by atoms with E-state index >= 15 is 0 Å². The summed E-state index contributed by atoms with van der Waals surface area (Å²) in [5.74, 6) is 0. The number of nitrogens with one attached hydrogen (secondary N) is 1. The van der Waals surface area contributed by atoms with Gasteiger partial charge in [-0.3, -0.25) is 0 Å². The van der Waals surface area contributed by atoms with Crippen LogP contribution in [0.1, 0.15) is 39.7 Å². The van der Waals surface area contributed by atoms with Gasteiger partial charge in [-0.1, -0.05) is 29.8 Å². The summed E-state index contributed by atoms with van der Waals surface area (Å²) < 4.78 is 5.86. The molecule has 2 unspecified atom stereocenters. The fraction of sp³-hybridized carbons (Fsp3) is 0.647. The first kappa shape index (κ1) is 15.8. The van der Waals surface area contributed by atoms with Crippen molar-refractivity contribution in [3.8, 4) is 0 Å². The van der Waals surface area contributed by atoms with Crippen LogP contribution in [-0.4, -0.2) is 24.8 Å². The summed E-state index contributed by atoms with van der Waals surface area (Å²) in [6.45, 7) is 10.6. The largest absolute Gasteiger partial charge is 0.378 e. The van der Waals surface area contributed by atoms with Gasteiger partial charge in [0.25, 0.3) is 0 Å². The van der Waals surface area contributed by atoms with Gasteiger partial charge in [0.05, 0.1) is 6.10 Å². The van der Waals surface area contributed by atoms with Crippen LogP contribution in [-0.2, 0) is 11.2 Å². The summed E-state index contributed by atoms with van der Waals surface area (Å²) in [5, 5.41) is 4.51. The molecular formula is C17H26ClNO. The molecule has 1 N–H and O–H groups in total. The van der Waals surface area contributed by atoms with E-state index in [4.69, 9.17) is 16.3 Å². The summed E-state index contributed by atoms with van der Waals surface area (Å²) in [5.41, 5.74) is 1.48. The fourth-order valence-electron chi connectivity index (χ4n) is 2.81. The fourth-order valence-corrected chi connectivity index (χ4v) is 3.01. The number of hydrogen-bond donors (Lipinski definition) is 1. The van der Waals surface area contributed by atoms with Crippen molar-refractivity contribution in [2.24, 2.45) is 5.41 Å². The van der Waals surface area contributed by atoms with Crippen molar-refractivity contribution in [3.05, 3.63) is 34.9 Å². The highest BCUT2D eigenvalue weighted by atomic mass is 35.5. The maximum absolute atomic E-state index is 6.34. The molecule has 1 aliphatic heterocycles. The van der Waals surface area contributed by atoms with Gasteiger partial charge in [-0.15, -0.1) is 0 Å². The highest BCUT2D eigenvalue weighted by Gasteiger charge is 2.42. The van der Waals surface area contributed by atoms with Crippen molar-refractivity contribution >= 4 is 11.6 Å². The number of ether oxygens (including phenoxy) is 1. The van der Waals surface area contributed by atoms with Crippen LogP contribution in [0.3, 0.4) is 0 Å². The molecular weight excluding hydrogens is 270 g/mol. The second kappa shape index (κ2) is 6.05. The van der Waals surface area contributed by atoms with E-state index in [-0.39, 0.29) is 17.1 Å². The average Bonchev–Trinajstić information content (AvgIpc) is 2.71. The number of rotatable bonds is 4. The Morgan fingerprint density at radius 3 is 2.60 bits per heavy atom. The molecule has 0 radical (unpaired) electrons. The molecule has 20 heavy (non-hydrogen) atoms. The minimum atomic E-state index is 0.121. The zero-order valence-corrected chi connectivity index (χ0v) is 13.8. The Hall–Kier alpha value is -0.570. The molecule has 2 rings (SSSR count). The summed E-state index contributed by atoms with van der Waals surface area (Å²) in [6, 6.07) is 8.15. The summed E-state index contributed by atoms with van der Waals surface area (Å²) in [7, 11) is 0. The van der Waals surface area contributed by atoms with Crippen molar-refractivity contribution < 1.29 is 4.74 Å². The highest BCUT2D eigenvalue weighted by Crippen LogP contribution is 2.39. The number of hydrogen-bond acceptors (Lipinski definition) is 2. The smallest absolute Gasteiger partial charge is 0.0619 e. The predicted octanol–water partition coefficient (Wildman–Crippen LogP) is 4.07. The van der Waals surface area contributed by atoms with Crippen LogP contribution < -0.4 is 5.32 Å². The van der Waals surface area contributed by atoms with E-state index < -0.39 is 0 Å². The first-order valence-electron chi connectivity index (χ1n) is 7.42. The third-order valence-corrected chi connectivity index (χ3v) is 4.67. The Morgan fingerprint density at radius 1 is 1.35 bits per heavy atom. The predicted molar refractivity (Wildman–Crippen MR) is 85.4 cm³/mol. The lowest BCUT2D eigenvalue weighted by Crippen LogP contribution is -2.47. The quantitative estimate of drug-likeness (QED) is 0.904. The Morgan fingerprint density at radius 2 is 2.05 bits per heavy atom. The third-order valence-electron chi connectivity index (χ3n) is 4.30. The lowest BCUT2D eigenvalue weighted by molar-refractivity contribution is 0.0598. The van der Waals surface area contributed by atoms with Crippen molar-refractivity contribution in [2.75, 3.05) is 13.2 Å². The van der Waals surface area contributed by atoms with Crippen molar-refractivity contribution in [3.63, 3.8) is 0 Å². The minimum Gasteiger partial charge on any atom is -0.378 e. The highest BCUT2D eigenvalue weighted by molar-refractivity contribution is 6.31. The van der Waals surface area contributed by atoms with E-state index in [1.807, 2.05) is 12.1 Å². The Kier molecular flexibility index (Phi) is 4.78. The second-order valence-electron chi connectivity index (χ2n) is 7.00. The molecule has 0 spiro atoms. The third kappa shape index (κ3) is 3.75. The molecule has 0 bridgehead atoms. The topological polar surface area (TPSA) is 21.3 Å². The summed E-state index contributed by atoms with van der Waals surface area (Å²) in [6.07, 6.45) is 2.31. The maximum atomic E-state index is 6.34. The van der Waals surface area contributed by atoms with Crippen molar-refractivity contribution in [1.82, 2.24) is 5.32 Å². The SMILES string of the molecule is CC1OCCC1(CNC(C)(C)C)Cc1ccccc1Cl. The molecule has 0 aromatic heterocycles. The Balaban J connectivity index is 2.18. The molecule has 1 fully saturated rings. The Bertz CT molecular complexity index is 455. The first-order chi connectivity index (χ1) is 9.32. The first-order valence-corrected chi connectivity index (χ1v) is 7.80. The van der Waals surface area contributed by atoms with E-state index in [2.05, 4.69) is 45.1 Å². The maximum Gasteiger partial charge on any atom is 0.0619 e. The lowest BCUT2D eigenvalue weighted by atomic mass is 9.75. The van der Waals surface area contributed by atoms with Gasteiger partial charge >= 0.3 is 0 Å². The minimum absolute atomic E-state index is 0.121. The molecule has 1 heterocycles. The van der Waals surface area contributed by atoms with E-state index in [9.17, 15) is 0 Å². The van der Waals surface area contributed by atoms with E-state index in [1.54, 1.807) is 0 Å². The van der Waals surface area contributed by atoms with Crippen LogP contribution in [0.15, 0.2) is 24.3 Å². The zero-order valence-electron chi connectivity index (χ0n) is 13.0. The van der Waals surface area contributed by atoms with E-state index in [1.165, 1.54) is 5.56 Å². The van der Waals surface area contributed by atoms with E-state index in [0.717, 1.165) is 31.0 Å². The monoisotopic (exact) mass is 295 g/mol. The second-order valence-corrected chi connectivity index (χ2v) is 7.40. The van der Waals surface area contributed by atoms with Gasteiger partial charge in [0.2, 0.25) is 0 Å². The van der Waals surface area contributed by atoms with E-state index in [0.29, 0.717) is 0 Å². The molecule has 0 aliphatic carbocycles. The van der Waals surface area contributed by atoms with Gasteiger partial charge in [0, 0.05) is 29.1 Å². The van der Waals surface area contributed by atoms with Gasteiger partial charge in [-0.2, -0.15) is 0 Å². The van der Waals surface area contributed by atoms with Crippen LogP contribution in [0.4, 0.5) is 0 Å². The molecule has 0 amide bonds. The molecule has 0 saturated carbocycles. The lowest BCUT2D eigenvalue weighted by Gasteiger charge is -2.36. The molecule has 1 saturated heterocycles. The summed E-state index contributed by atoms with van der Waals surface area (Å²) in [4.78, 5) is 0. The van der Waals surface area contributed by atoms with Gasteiger partial charge in [0.1, 0.15) is 0 Å². The molecule has 112 valence electrons.